The second-order valence-corrected chi connectivity index (χ2v) is 8.42. The van der Waals surface area contributed by atoms with Crippen molar-refractivity contribution in [2.75, 3.05) is 18.9 Å². The summed E-state index contributed by atoms with van der Waals surface area (Å²) < 4.78 is 7.13. The molecule has 4 rings (SSSR count). The van der Waals surface area contributed by atoms with Crippen LogP contribution in [0.1, 0.15) is 32.7 Å². The Balaban J connectivity index is 1.63. The Bertz CT molecular complexity index is 1350. The number of amides is 2. The number of furan rings is 1. The summed E-state index contributed by atoms with van der Waals surface area (Å²) in [5.41, 5.74) is 6.11. The van der Waals surface area contributed by atoms with Crippen LogP contribution < -0.4 is 5.32 Å². The summed E-state index contributed by atoms with van der Waals surface area (Å²) in [5, 5.41) is 8.05. The quantitative estimate of drug-likeness (QED) is 0.498. The second-order valence-electron chi connectivity index (χ2n) is 8.42. The maximum absolute atomic E-state index is 13.5. The lowest BCUT2D eigenvalue weighted by Gasteiger charge is -2.19. The van der Waals surface area contributed by atoms with E-state index in [-0.39, 0.29) is 18.4 Å². The van der Waals surface area contributed by atoms with E-state index < -0.39 is 0 Å². The number of carbonyl (C=O) groups is 2. The van der Waals surface area contributed by atoms with Crippen LogP contribution in [-0.2, 0) is 11.8 Å². The van der Waals surface area contributed by atoms with Gasteiger partial charge in [-0.2, -0.15) is 5.10 Å². The van der Waals surface area contributed by atoms with Gasteiger partial charge in [0.1, 0.15) is 5.69 Å². The predicted octanol–water partition coefficient (Wildman–Crippen LogP) is 4.17. The lowest BCUT2D eigenvalue weighted by atomic mass is 10.1. The van der Waals surface area contributed by atoms with E-state index in [1.54, 1.807) is 43.2 Å². The molecule has 8 nitrogen and oxygen atoms in total. The molecule has 8 heteroatoms. The van der Waals surface area contributed by atoms with Gasteiger partial charge < -0.3 is 14.6 Å². The lowest BCUT2D eigenvalue weighted by molar-refractivity contribution is -0.116. The molecule has 1 N–H and O–H groups in total. The van der Waals surface area contributed by atoms with E-state index in [2.05, 4.69) is 15.4 Å². The third-order valence-corrected chi connectivity index (χ3v) is 5.64. The molecule has 1 aromatic carbocycles. The molecule has 0 unspecified atom stereocenters. The fourth-order valence-electron chi connectivity index (χ4n) is 4.21. The molecule has 0 saturated carbocycles. The molecule has 4 aromatic rings. The number of nitrogens with one attached hydrogen (secondary N) is 1. The number of likely N-dealkylation sites (N-methyl/N-ethyl adjacent to an activating group) is 1. The first kappa shape index (κ1) is 22.3. The lowest BCUT2D eigenvalue weighted by Crippen LogP contribution is -2.35. The Kier molecular flexibility index (Phi) is 5.76. The highest BCUT2D eigenvalue weighted by Crippen LogP contribution is 2.28. The SMILES string of the molecule is Cc1cc(C)c(NC(=O)CN(C)C(=O)c2cc(-c3ccco3)nc3c2c(C)nn3C)c(C)c1. The number of nitrogens with zero attached hydrogens (tertiary/aromatic N) is 4. The van der Waals surface area contributed by atoms with E-state index in [1.807, 2.05) is 39.8 Å². The fraction of sp³-hybridized carbons (Fsp3) is 0.280. The van der Waals surface area contributed by atoms with Crippen LogP contribution >= 0.6 is 0 Å². The minimum Gasteiger partial charge on any atom is -0.463 e. The summed E-state index contributed by atoms with van der Waals surface area (Å²) in [7, 11) is 3.40. The topological polar surface area (TPSA) is 93.3 Å². The zero-order chi connectivity index (χ0) is 23.9. The van der Waals surface area contributed by atoms with Crippen molar-refractivity contribution in [2.24, 2.45) is 7.05 Å². The minimum absolute atomic E-state index is 0.0925. The van der Waals surface area contributed by atoms with E-state index in [0.29, 0.717) is 33.7 Å². The van der Waals surface area contributed by atoms with Gasteiger partial charge in [0.2, 0.25) is 5.91 Å². The van der Waals surface area contributed by atoms with E-state index >= 15 is 0 Å². The zero-order valence-electron chi connectivity index (χ0n) is 19.7. The Morgan fingerprint density at radius 2 is 1.82 bits per heavy atom. The van der Waals surface area contributed by atoms with Gasteiger partial charge in [0.05, 0.1) is 29.5 Å². The number of carbonyl (C=O) groups excluding carboxylic acids is 2. The number of aryl methyl sites for hydroxylation is 5. The Hall–Kier alpha value is -3.94. The van der Waals surface area contributed by atoms with Gasteiger partial charge in [-0.3, -0.25) is 14.3 Å². The number of hydrogen-bond donors (Lipinski definition) is 1. The maximum Gasteiger partial charge on any atom is 0.254 e. The number of pyridine rings is 1. The highest BCUT2D eigenvalue weighted by atomic mass is 16.3. The van der Waals surface area contributed by atoms with Gasteiger partial charge in [-0.15, -0.1) is 0 Å². The Labute approximate surface area is 192 Å². The standard InChI is InChI=1S/C25H27N5O3/c1-14-10-15(2)23(16(3)11-14)27-21(31)13-29(5)25(32)18-12-19(20-8-7-9-33-20)26-24-22(18)17(4)28-30(24)6/h7-12H,13H2,1-6H3,(H,27,31). The van der Waals surface area contributed by atoms with Crippen LogP contribution in [0.15, 0.2) is 41.0 Å². The molecule has 3 aromatic heterocycles. The van der Waals surface area contributed by atoms with Gasteiger partial charge in [0.15, 0.2) is 11.4 Å². The minimum atomic E-state index is -0.293. The van der Waals surface area contributed by atoms with Gasteiger partial charge in [0, 0.05) is 19.8 Å². The largest absolute Gasteiger partial charge is 0.463 e. The summed E-state index contributed by atoms with van der Waals surface area (Å²) in [6, 6.07) is 9.29. The number of fused-ring (bicyclic) bond motifs is 1. The molecule has 0 saturated heterocycles. The van der Waals surface area contributed by atoms with Crippen LogP contribution in [0.4, 0.5) is 5.69 Å². The summed E-state index contributed by atoms with van der Waals surface area (Å²) in [4.78, 5) is 32.3. The molecule has 0 fully saturated rings. The summed E-state index contributed by atoms with van der Waals surface area (Å²) in [6.45, 7) is 7.68. The molecule has 33 heavy (non-hydrogen) atoms. The highest BCUT2D eigenvalue weighted by Gasteiger charge is 2.23. The van der Waals surface area contributed by atoms with Gasteiger partial charge in [0.25, 0.3) is 5.91 Å². The summed E-state index contributed by atoms with van der Waals surface area (Å²) >= 11 is 0. The van der Waals surface area contributed by atoms with Crippen LogP contribution in [0, 0.1) is 27.7 Å². The third-order valence-electron chi connectivity index (χ3n) is 5.64. The molecule has 0 bridgehead atoms. The molecule has 0 aliphatic rings. The van der Waals surface area contributed by atoms with Gasteiger partial charge in [-0.1, -0.05) is 17.7 Å². The van der Waals surface area contributed by atoms with Crippen molar-refractivity contribution in [2.45, 2.75) is 27.7 Å². The highest BCUT2D eigenvalue weighted by molar-refractivity contribution is 6.08. The van der Waals surface area contributed by atoms with Gasteiger partial charge >= 0.3 is 0 Å². The molecule has 0 aliphatic carbocycles. The molecule has 0 spiro atoms. The van der Waals surface area contributed by atoms with Crippen molar-refractivity contribution >= 4 is 28.5 Å². The number of aromatic nitrogens is 3. The van der Waals surface area contributed by atoms with Crippen molar-refractivity contribution in [3.63, 3.8) is 0 Å². The molecule has 0 radical (unpaired) electrons. The third kappa shape index (κ3) is 4.24. The van der Waals surface area contributed by atoms with Gasteiger partial charge in [-0.25, -0.2) is 4.98 Å². The molecule has 3 heterocycles. The molecular weight excluding hydrogens is 418 g/mol. The van der Waals surface area contributed by atoms with Crippen molar-refractivity contribution < 1.29 is 14.0 Å². The first-order valence-electron chi connectivity index (χ1n) is 10.7. The Morgan fingerprint density at radius 1 is 1.12 bits per heavy atom. The first-order chi connectivity index (χ1) is 15.7. The Morgan fingerprint density at radius 3 is 2.45 bits per heavy atom. The summed E-state index contributed by atoms with van der Waals surface area (Å²) in [6.07, 6.45) is 1.56. The average Bonchev–Trinajstić information content (AvgIpc) is 3.38. The maximum atomic E-state index is 13.5. The molecule has 0 aliphatic heterocycles. The van der Waals surface area contributed by atoms with Crippen molar-refractivity contribution in [1.82, 2.24) is 19.7 Å². The monoisotopic (exact) mass is 445 g/mol. The van der Waals surface area contributed by atoms with Gasteiger partial charge in [-0.05, 0) is 57.0 Å². The number of benzene rings is 1. The van der Waals surface area contributed by atoms with E-state index in [1.165, 1.54) is 4.90 Å². The molecule has 0 atom stereocenters. The van der Waals surface area contributed by atoms with Crippen LogP contribution in [0.5, 0.6) is 0 Å². The second kappa shape index (κ2) is 8.54. The smallest absolute Gasteiger partial charge is 0.254 e. The van der Waals surface area contributed by atoms with Crippen molar-refractivity contribution in [3.8, 4) is 11.5 Å². The summed E-state index contributed by atoms with van der Waals surface area (Å²) in [5.74, 6) is -0.00491. The average molecular weight is 446 g/mol. The first-order valence-corrected chi connectivity index (χ1v) is 10.7. The van der Waals surface area contributed by atoms with Crippen molar-refractivity contribution in [1.29, 1.82) is 0 Å². The molecular formula is C25H27N5O3. The predicted molar refractivity (Wildman–Crippen MR) is 127 cm³/mol. The normalized spacial score (nSPS) is 11.1. The van der Waals surface area contributed by atoms with Crippen molar-refractivity contribution in [3.05, 3.63) is 64.5 Å². The zero-order valence-corrected chi connectivity index (χ0v) is 19.7. The fourth-order valence-corrected chi connectivity index (χ4v) is 4.21. The number of anilines is 1. The van der Waals surface area contributed by atoms with Crippen LogP contribution in [0.3, 0.4) is 0 Å². The number of rotatable bonds is 5. The molecule has 2 amide bonds. The number of hydrogen-bond acceptors (Lipinski definition) is 5. The van der Waals surface area contributed by atoms with E-state index in [4.69, 9.17) is 4.42 Å². The van der Waals surface area contributed by atoms with Crippen LogP contribution in [-0.4, -0.2) is 45.1 Å². The van der Waals surface area contributed by atoms with Crippen LogP contribution in [0.2, 0.25) is 0 Å². The molecule has 170 valence electrons. The van der Waals surface area contributed by atoms with E-state index in [0.717, 1.165) is 22.4 Å². The van der Waals surface area contributed by atoms with E-state index in [9.17, 15) is 9.59 Å². The van der Waals surface area contributed by atoms with Crippen LogP contribution in [0.25, 0.3) is 22.5 Å².